The van der Waals surface area contributed by atoms with Crippen molar-refractivity contribution in [2.75, 3.05) is 32.2 Å². The minimum Gasteiger partial charge on any atom is -0.378 e. The fourth-order valence-electron chi connectivity index (χ4n) is 0.918. The first-order valence-corrected chi connectivity index (χ1v) is 3.84. The molecule has 10 heavy (non-hydrogen) atoms. The maximum Gasteiger partial charge on any atom is 0.111 e. The lowest BCUT2D eigenvalue weighted by molar-refractivity contribution is 0.0676. The Kier molecular flexibility index (Phi) is 2.96. The highest BCUT2D eigenvalue weighted by atomic mass is 35.5. The van der Waals surface area contributed by atoms with Gasteiger partial charge in [0.15, 0.2) is 0 Å². The van der Waals surface area contributed by atoms with Gasteiger partial charge in [-0.2, -0.15) is 0 Å². The van der Waals surface area contributed by atoms with E-state index in [-0.39, 0.29) is 0 Å². The van der Waals surface area contributed by atoms with Gasteiger partial charge in [-0.25, -0.2) is 0 Å². The molecule has 1 aliphatic rings. The van der Waals surface area contributed by atoms with E-state index in [1.54, 1.807) is 0 Å². The summed E-state index contributed by atoms with van der Waals surface area (Å²) in [5.41, 5.74) is 0. The molecule has 1 rings (SSSR count). The van der Waals surface area contributed by atoms with Crippen LogP contribution in [0.3, 0.4) is 0 Å². The molecule has 1 aliphatic heterocycles. The van der Waals surface area contributed by atoms with Crippen molar-refractivity contribution >= 4 is 17.4 Å². The van der Waals surface area contributed by atoms with Crippen LogP contribution in [0.4, 0.5) is 0 Å². The van der Waals surface area contributed by atoms with Crippen LogP contribution in [-0.2, 0) is 4.74 Å². The van der Waals surface area contributed by atoms with Crippen LogP contribution in [0.25, 0.3) is 0 Å². The quantitative estimate of drug-likeness (QED) is 0.347. The topological polar surface area (TPSA) is 36.3 Å². The van der Waals surface area contributed by atoms with Crippen LogP contribution in [0.1, 0.15) is 0 Å². The molecule has 0 aromatic carbocycles. The standard InChI is InChI=1S/C6H11ClN2O/c7-5-6(8)9-1-3-10-4-2-9/h8H,1-5H2. The molecule has 0 aromatic rings. The van der Waals surface area contributed by atoms with E-state index in [9.17, 15) is 0 Å². The van der Waals surface area contributed by atoms with E-state index in [0.717, 1.165) is 26.3 Å². The van der Waals surface area contributed by atoms with Crippen molar-refractivity contribution in [2.45, 2.75) is 0 Å². The number of hydrogen-bond donors (Lipinski definition) is 1. The summed E-state index contributed by atoms with van der Waals surface area (Å²) in [4.78, 5) is 1.94. The zero-order valence-electron chi connectivity index (χ0n) is 5.77. The highest BCUT2D eigenvalue weighted by Crippen LogP contribution is 1.98. The summed E-state index contributed by atoms with van der Waals surface area (Å²) in [5.74, 6) is 0.810. The van der Waals surface area contributed by atoms with Gasteiger partial charge >= 0.3 is 0 Å². The van der Waals surface area contributed by atoms with Gasteiger partial charge in [-0.3, -0.25) is 5.41 Å². The molecule has 1 fully saturated rings. The largest absolute Gasteiger partial charge is 0.378 e. The van der Waals surface area contributed by atoms with Crippen molar-refractivity contribution in [3.63, 3.8) is 0 Å². The van der Waals surface area contributed by atoms with Crippen LogP contribution in [0.15, 0.2) is 0 Å². The van der Waals surface area contributed by atoms with E-state index in [4.69, 9.17) is 21.7 Å². The molecule has 0 spiro atoms. The van der Waals surface area contributed by atoms with E-state index in [2.05, 4.69) is 0 Å². The molecule has 0 radical (unpaired) electrons. The average molecular weight is 163 g/mol. The molecule has 0 bridgehead atoms. The molecule has 3 nitrogen and oxygen atoms in total. The van der Waals surface area contributed by atoms with Gasteiger partial charge in [0.25, 0.3) is 0 Å². The maximum absolute atomic E-state index is 7.37. The molecule has 0 aliphatic carbocycles. The summed E-state index contributed by atoms with van der Waals surface area (Å²) in [6.07, 6.45) is 0. The van der Waals surface area contributed by atoms with E-state index < -0.39 is 0 Å². The molecule has 1 heterocycles. The number of nitrogens with one attached hydrogen (secondary N) is 1. The molecule has 0 amide bonds. The number of rotatable bonds is 1. The number of ether oxygens (including phenoxy) is 1. The first kappa shape index (κ1) is 7.82. The Labute approximate surface area is 65.4 Å². The zero-order chi connectivity index (χ0) is 7.40. The third kappa shape index (κ3) is 1.85. The normalized spacial score (nSPS) is 19.1. The number of amidine groups is 1. The maximum atomic E-state index is 7.37. The fourth-order valence-corrected chi connectivity index (χ4v) is 1.09. The van der Waals surface area contributed by atoms with E-state index in [1.807, 2.05) is 4.90 Å². The summed E-state index contributed by atoms with van der Waals surface area (Å²) < 4.78 is 5.11. The molecular formula is C6H11ClN2O. The minimum atomic E-state index is 0.306. The lowest BCUT2D eigenvalue weighted by Gasteiger charge is -2.27. The van der Waals surface area contributed by atoms with Gasteiger partial charge in [-0.1, -0.05) is 0 Å². The predicted octanol–water partition coefficient (Wildman–Crippen LogP) is 0.535. The number of nitrogens with zero attached hydrogens (tertiary/aromatic N) is 1. The van der Waals surface area contributed by atoms with Crippen molar-refractivity contribution < 1.29 is 4.74 Å². The van der Waals surface area contributed by atoms with E-state index in [1.165, 1.54) is 0 Å². The van der Waals surface area contributed by atoms with Gasteiger partial charge in [0.2, 0.25) is 0 Å². The first-order chi connectivity index (χ1) is 4.84. The molecule has 0 atom stereocenters. The van der Waals surface area contributed by atoms with Crippen molar-refractivity contribution in [1.29, 1.82) is 5.41 Å². The number of hydrogen-bond acceptors (Lipinski definition) is 2. The number of halogens is 1. The second-order valence-electron chi connectivity index (χ2n) is 2.18. The van der Waals surface area contributed by atoms with Crippen LogP contribution in [0.2, 0.25) is 0 Å². The summed E-state index contributed by atoms with van der Waals surface area (Å²) >= 11 is 5.48. The Bertz CT molecular complexity index is 123. The van der Waals surface area contributed by atoms with Crippen molar-refractivity contribution in [2.24, 2.45) is 0 Å². The Morgan fingerprint density at radius 3 is 2.60 bits per heavy atom. The monoisotopic (exact) mass is 162 g/mol. The van der Waals surface area contributed by atoms with Crippen molar-refractivity contribution in [1.82, 2.24) is 4.90 Å². The smallest absolute Gasteiger partial charge is 0.111 e. The van der Waals surface area contributed by atoms with Crippen LogP contribution >= 0.6 is 11.6 Å². The summed E-state index contributed by atoms with van der Waals surface area (Å²) in [6.45, 7) is 3.07. The van der Waals surface area contributed by atoms with Gasteiger partial charge in [-0.05, 0) is 0 Å². The molecule has 1 N–H and O–H groups in total. The average Bonchev–Trinajstić information content (AvgIpc) is 2.05. The highest BCUT2D eigenvalue weighted by Gasteiger charge is 2.11. The SMILES string of the molecule is N=C(CCl)N1CCOCC1. The summed E-state index contributed by atoms with van der Waals surface area (Å²) in [7, 11) is 0. The second-order valence-corrected chi connectivity index (χ2v) is 2.45. The van der Waals surface area contributed by atoms with Crippen LogP contribution < -0.4 is 0 Å². The highest BCUT2D eigenvalue weighted by molar-refractivity contribution is 6.27. The van der Waals surface area contributed by atoms with Gasteiger partial charge in [0, 0.05) is 13.1 Å². The third-order valence-corrected chi connectivity index (χ3v) is 1.77. The molecule has 58 valence electrons. The van der Waals surface area contributed by atoms with Crippen LogP contribution in [0, 0.1) is 5.41 Å². The Hall–Kier alpha value is -0.280. The van der Waals surface area contributed by atoms with Gasteiger partial charge < -0.3 is 9.64 Å². The van der Waals surface area contributed by atoms with Gasteiger partial charge in [0.05, 0.1) is 19.1 Å². The Morgan fingerprint density at radius 2 is 2.10 bits per heavy atom. The third-order valence-electron chi connectivity index (χ3n) is 1.52. The predicted molar refractivity (Wildman–Crippen MR) is 40.8 cm³/mol. The second kappa shape index (κ2) is 3.78. The van der Waals surface area contributed by atoms with E-state index in [0.29, 0.717) is 11.7 Å². The first-order valence-electron chi connectivity index (χ1n) is 3.30. The van der Waals surface area contributed by atoms with Gasteiger partial charge in [0.1, 0.15) is 5.84 Å². The lowest BCUT2D eigenvalue weighted by Crippen LogP contribution is -2.40. The fraction of sp³-hybridized carbons (Fsp3) is 0.833. The van der Waals surface area contributed by atoms with Crippen molar-refractivity contribution in [3.05, 3.63) is 0 Å². The van der Waals surface area contributed by atoms with Gasteiger partial charge in [-0.15, -0.1) is 11.6 Å². The Balaban J connectivity index is 2.31. The molecule has 0 saturated carbocycles. The minimum absolute atomic E-state index is 0.306. The molecular weight excluding hydrogens is 152 g/mol. The molecule has 4 heteroatoms. The molecule has 1 saturated heterocycles. The summed E-state index contributed by atoms with van der Waals surface area (Å²) in [6, 6.07) is 0. The zero-order valence-corrected chi connectivity index (χ0v) is 6.52. The number of morpholine rings is 1. The van der Waals surface area contributed by atoms with E-state index >= 15 is 0 Å². The molecule has 0 unspecified atom stereocenters. The lowest BCUT2D eigenvalue weighted by atomic mass is 10.4. The van der Waals surface area contributed by atoms with Crippen molar-refractivity contribution in [3.8, 4) is 0 Å². The molecule has 0 aromatic heterocycles. The van der Waals surface area contributed by atoms with Crippen LogP contribution in [-0.4, -0.2) is 42.9 Å². The number of alkyl halides is 1. The Morgan fingerprint density at radius 1 is 1.50 bits per heavy atom. The van der Waals surface area contributed by atoms with Crippen LogP contribution in [0.5, 0.6) is 0 Å². The summed E-state index contributed by atoms with van der Waals surface area (Å²) in [5, 5.41) is 7.37.